The summed E-state index contributed by atoms with van der Waals surface area (Å²) in [5.41, 5.74) is 1.48. The Balaban J connectivity index is 0.00000120. The Morgan fingerprint density at radius 3 is 3.00 bits per heavy atom. The van der Waals surface area contributed by atoms with Gasteiger partial charge in [-0.2, -0.15) is 5.10 Å². The molecule has 2 aliphatic heterocycles. The molecule has 18 heavy (non-hydrogen) atoms. The lowest BCUT2D eigenvalue weighted by Crippen LogP contribution is -2.41. The molecule has 0 aliphatic carbocycles. The lowest BCUT2D eigenvalue weighted by Gasteiger charge is -2.24. The number of likely N-dealkylation sites (tertiary alicyclic amines) is 1. The fourth-order valence-electron chi connectivity index (χ4n) is 2.90. The highest BCUT2D eigenvalue weighted by Gasteiger charge is 2.37. The van der Waals surface area contributed by atoms with E-state index >= 15 is 0 Å². The number of piperidine rings is 1. The number of carbonyl (C=O) groups is 1. The number of aromatic amines is 1. The van der Waals surface area contributed by atoms with E-state index in [0.29, 0.717) is 17.7 Å². The van der Waals surface area contributed by atoms with Gasteiger partial charge in [0.05, 0.1) is 0 Å². The molecule has 0 bridgehead atoms. The number of carbonyl (C=O) groups excluding carboxylic acids is 1. The minimum atomic E-state index is 0. The van der Waals surface area contributed by atoms with Gasteiger partial charge < -0.3 is 10.2 Å². The van der Waals surface area contributed by atoms with Crippen molar-refractivity contribution in [3.05, 3.63) is 17.5 Å². The van der Waals surface area contributed by atoms with Crippen molar-refractivity contribution in [2.75, 3.05) is 19.6 Å². The van der Waals surface area contributed by atoms with Crippen molar-refractivity contribution < 1.29 is 4.79 Å². The first-order chi connectivity index (χ1) is 8.24. The van der Waals surface area contributed by atoms with Crippen LogP contribution in [0.3, 0.4) is 0 Å². The molecule has 0 saturated carbocycles. The Labute approximate surface area is 113 Å². The van der Waals surface area contributed by atoms with Gasteiger partial charge in [0.2, 0.25) is 0 Å². The Kier molecular flexibility index (Phi) is 3.92. The molecular weight excluding hydrogens is 252 g/mol. The largest absolute Gasteiger partial charge is 0.335 e. The van der Waals surface area contributed by atoms with Crippen molar-refractivity contribution in [3.8, 4) is 0 Å². The zero-order valence-corrected chi connectivity index (χ0v) is 11.3. The number of amides is 1. The smallest absolute Gasteiger partial charge is 0.274 e. The molecule has 0 radical (unpaired) electrons. The van der Waals surface area contributed by atoms with Gasteiger partial charge in [0.15, 0.2) is 0 Å². The summed E-state index contributed by atoms with van der Waals surface area (Å²) >= 11 is 0. The van der Waals surface area contributed by atoms with Crippen molar-refractivity contribution >= 4 is 18.3 Å². The fourth-order valence-corrected chi connectivity index (χ4v) is 2.90. The number of H-pyrrole nitrogens is 1. The molecule has 2 atom stereocenters. The second-order valence-corrected chi connectivity index (χ2v) is 5.11. The molecular formula is C12H19ClN4O. The van der Waals surface area contributed by atoms with Crippen LogP contribution in [0.2, 0.25) is 0 Å². The molecule has 1 amide bonds. The van der Waals surface area contributed by atoms with E-state index in [1.807, 2.05) is 17.9 Å². The summed E-state index contributed by atoms with van der Waals surface area (Å²) in [7, 11) is 0. The maximum absolute atomic E-state index is 12.2. The molecule has 0 aromatic carbocycles. The molecule has 2 fully saturated rings. The van der Waals surface area contributed by atoms with E-state index in [-0.39, 0.29) is 18.3 Å². The molecule has 0 spiro atoms. The maximum atomic E-state index is 12.2. The first kappa shape index (κ1) is 13.4. The van der Waals surface area contributed by atoms with Gasteiger partial charge in [0.25, 0.3) is 5.91 Å². The third kappa shape index (κ3) is 2.37. The number of halogens is 1. The van der Waals surface area contributed by atoms with E-state index in [1.165, 1.54) is 12.8 Å². The molecule has 1 aromatic rings. The van der Waals surface area contributed by atoms with Crippen LogP contribution in [-0.4, -0.2) is 46.7 Å². The average molecular weight is 271 g/mol. The topological polar surface area (TPSA) is 61.0 Å². The highest BCUT2D eigenvalue weighted by Crippen LogP contribution is 2.25. The van der Waals surface area contributed by atoms with E-state index in [9.17, 15) is 4.79 Å². The summed E-state index contributed by atoms with van der Waals surface area (Å²) in [6.45, 7) is 4.71. The van der Waals surface area contributed by atoms with Gasteiger partial charge >= 0.3 is 0 Å². The maximum Gasteiger partial charge on any atom is 0.274 e. The summed E-state index contributed by atoms with van der Waals surface area (Å²) in [5, 5.41) is 10.4. The van der Waals surface area contributed by atoms with Crippen LogP contribution in [0.5, 0.6) is 0 Å². The zero-order chi connectivity index (χ0) is 11.8. The van der Waals surface area contributed by atoms with Gasteiger partial charge in [-0.05, 0) is 38.3 Å². The highest BCUT2D eigenvalue weighted by atomic mass is 35.5. The Bertz CT molecular complexity index is 419. The van der Waals surface area contributed by atoms with Crippen molar-refractivity contribution in [1.82, 2.24) is 20.4 Å². The lowest BCUT2D eigenvalue weighted by atomic mass is 9.94. The van der Waals surface area contributed by atoms with E-state index in [1.54, 1.807) is 0 Å². The summed E-state index contributed by atoms with van der Waals surface area (Å²) in [4.78, 5) is 14.2. The van der Waals surface area contributed by atoms with Crippen LogP contribution in [0.1, 0.15) is 29.0 Å². The Morgan fingerprint density at radius 2 is 2.33 bits per heavy atom. The zero-order valence-electron chi connectivity index (χ0n) is 10.5. The van der Waals surface area contributed by atoms with Gasteiger partial charge in [0.1, 0.15) is 5.69 Å². The third-order valence-corrected chi connectivity index (χ3v) is 3.81. The number of rotatable bonds is 1. The van der Waals surface area contributed by atoms with Gasteiger partial charge in [0, 0.05) is 24.8 Å². The molecule has 3 rings (SSSR count). The fraction of sp³-hybridized carbons (Fsp3) is 0.667. The van der Waals surface area contributed by atoms with Crippen molar-refractivity contribution in [2.45, 2.75) is 25.8 Å². The molecule has 2 N–H and O–H groups in total. The van der Waals surface area contributed by atoms with E-state index in [0.717, 1.165) is 25.3 Å². The van der Waals surface area contributed by atoms with Crippen molar-refractivity contribution in [3.63, 3.8) is 0 Å². The Morgan fingerprint density at radius 1 is 1.50 bits per heavy atom. The normalized spacial score (nSPS) is 26.6. The van der Waals surface area contributed by atoms with Crippen molar-refractivity contribution in [2.24, 2.45) is 5.92 Å². The van der Waals surface area contributed by atoms with E-state index < -0.39 is 0 Å². The summed E-state index contributed by atoms with van der Waals surface area (Å²) in [6.07, 6.45) is 2.46. The number of nitrogens with one attached hydrogen (secondary N) is 2. The summed E-state index contributed by atoms with van der Waals surface area (Å²) < 4.78 is 0. The minimum Gasteiger partial charge on any atom is -0.335 e. The molecule has 100 valence electrons. The van der Waals surface area contributed by atoms with Crippen LogP contribution >= 0.6 is 12.4 Å². The quantitative estimate of drug-likeness (QED) is 0.799. The number of hydrogen-bond donors (Lipinski definition) is 2. The van der Waals surface area contributed by atoms with Crippen LogP contribution < -0.4 is 5.32 Å². The number of hydrogen-bond acceptors (Lipinski definition) is 3. The van der Waals surface area contributed by atoms with Crippen LogP contribution in [0.15, 0.2) is 6.07 Å². The predicted octanol–water partition coefficient (Wildman–Crippen LogP) is 0.964. The molecule has 3 heterocycles. The highest BCUT2D eigenvalue weighted by molar-refractivity contribution is 5.92. The van der Waals surface area contributed by atoms with Crippen LogP contribution in [-0.2, 0) is 0 Å². The third-order valence-electron chi connectivity index (χ3n) is 3.81. The second-order valence-electron chi connectivity index (χ2n) is 5.11. The molecule has 2 aliphatic rings. The van der Waals surface area contributed by atoms with Gasteiger partial charge in [-0.15, -0.1) is 12.4 Å². The molecule has 0 unspecified atom stereocenters. The first-order valence-corrected chi connectivity index (χ1v) is 6.29. The molecule has 5 nitrogen and oxygen atoms in total. The minimum absolute atomic E-state index is 0. The predicted molar refractivity (Wildman–Crippen MR) is 71.0 cm³/mol. The average Bonchev–Trinajstić information content (AvgIpc) is 2.93. The van der Waals surface area contributed by atoms with Crippen LogP contribution in [0, 0.1) is 12.8 Å². The number of aryl methyl sites for hydroxylation is 1. The van der Waals surface area contributed by atoms with Crippen LogP contribution in [0.25, 0.3) is 0 Å². The molecule has 6 heteroatoms. The first-order valence-electron chi connectivity index (χ1n) is 6.29. The monoisotopic (exact) mass is 270 g/mol. The van der Waals surface area contributed by atoms with Gasteiger partial charge in [-0.1, -0.05) is 0 Å². The molecule has 1 aromatic heterocycles. The van der Waals surface area contributed by atoms with Crippen LogP contribution in [0.4, 0.5) is 0 Å². The summed E-state index contributed by atoms with van der Waals surface area (Å²) in [5.74, 6) is 0.693. The second kappa shape index (κ2) is 5.28. The van der Waals surface area contributed by atoms with E-state index in [4.69, 9.17) is 0 Å². The summed E-state index contributed by atoms with van der Waals surface area (Å²) in [6, 6.07) is 2.31. The lowest BCUT2D eigenvalue weighted by molar-refractivity contribution is 0.0780. The van der Waals surface area contributed by atoms with Gasteiger partial charge in [-0.3, -0.25) is 9.89 Å². The number of fused-ring (bicyclic) bond motifs is 1. The SMILES string of the molecule is Cc1cc(C(=O)N2C[C@H]3CCCN[C@H]3C2)n[nH]1.Cl. The molecule has 2 saturated heterocycles. The Hall–Kier alpha value is -1.07. The van der Waals surface area contributed by atoms with Gasteiger partial charge in [-0.25, -0.2) is 0 Å². The van der Waals surface area contributed by atoms with E-state index in [2.05, 4.69) is 15.5 Å². The number of nitrogens with zero attached hydrogens (tertiary/aromatic N) is 2. The standard InChI is InChI=1S/C12H18N4O.ClH/c1-8-5-10(15-14-8)12(17)16-6-9-3-2-4-13-11(9)7-16;/h5,9,11,13H,2-4,6-7H2,1H3,(H,14,15);1H/t9-,11+;/m1./s1. The number of aromatic nitrogens is 2. The van der Waals surface area contributed by atoms with Crippen molar-refractivity contribution in [1.29, 1.82) is 0 Å².